The average molecular weight is 367 g/mol. The predicted molar refractivity (Wildman–Crippen MR) is 102 cm³/mol. The first-order chi connectivity index (χ1) is 12.6. The van der Waals surface area contributed by atoms with Gasteiger partial charge in [0, 0.05) is 11.1 Å². The maximum absolute atomic E-state index is 13.4. The van der Waals surface area contributed by atoms with Gasteiger partial charge in [0.05, 0.1) is 11.6 Å². The van der Waals surface area contributed by atoms with Gasteiger partial charge < -0.3 is 5.11 Å². The van der Waals surface area contributed by atoms with Crippen molar-refractivity contribution in [2.45, 2.75) is 33.7 Å². The van der Waals surface area contributed by atoms with E-state index in [4.69, 9.17) is 0 Å². The number of amides is 1. The molecule has 1 aliphatic heterocycles. The Hall–Kier alpha value is -2.95. The number of hydrogen-bond acceptors (Lipinski definition) is 3. The van der Waals surface area contributed by atoms with Crippen molar-refractivity contribution in [2.75, 3.05) is 4.90 Å². The Morgan fingerprint density at radius 1 is 1.11 bits per heavy atom. The van der Waals surface area contributed by atoms with Crippen LogP contribution in [0.15, 0.2) is 59.9 Å². The van der Waals surface area contributed by atoms with Gasteiger partial charge in [0.25, 0.3) is 5.91 Å². The summed E-state index contributed by atoms with van der Waals surface area (Å²) >= 11 is 0. The number of Topliss-reactive ketones (excluding diaryl/α,β-unsaturated/α-hetero) is 1. The average Bonchev–Trinajstić information content (AvgIpc) is 2.86. The molecule has 2 aromatic rings. The maximum atomic E-state index is 13.4. The number of carbonyl (C=O) groups is 2. The lowest BCUT2D eigenvalue weighted by Gasteiger charge is -2.29. The molecule has 140 valence electrons. The number of rotatable bonds is 3. The molecule has 0 spiro atoms. The summed E-state index contributed by atoms with van der Waals surface area (Å²) < 4.78 is 13.4. The molecule has 0 bridgehead atoms. The van der Waals surface area contributed by atoms with Crippen LogP contribution in [0.2, 0.25) is 0 Å². The lowest BCUT2D eigenvalue weighted by Crippen LogP contribution is -2.32. The second-order valence-electron chi connectivity index (χ2n) is 7.81. The fraction of sp³-hybridized carbons (Fsp3) is 0.273. The second kappa shape index (κ2) is 6.65. The number of anilines is 1. The van der Waals surface area contributed by atoms with Gasteiger partial charge in [-0.3, -0.25) is 14.5 Å². The van der Waals surface area contributed by atoms with Gasteiger partial charge in [0.2, 0.25) is 0 Å². The topological polar surface area (TPSA) is 57.6 Å². The number of ketones is 1. The quantitative estimate of drug-likeness (QED) is 0.859. The van der Waals surface area contributed by atoms with E-state index in [1.54, 1.807) is 20.8 Å². The lowest BCUT2D eigenvalue weighted by atomic mass is 9.82. The van der Waals surface area contributed by atoms with Gasteiger partial charge in [0.15, 0.2) is 11.5 Å². The van der Waals surface area contributed by atoms with Crippen molar-refractivity contribution in [3.05, 3.63) is 76.8 Å². The summed E-state index contributed by atoms with van der Waals surface area (Å²) in [5.41, 5.74) is 1.39. The second-order valence-corrected chi connectivity index (χ2v) is 7.81. The van der Waals surface area contributed by atoms with E-state index in [0.717, 1.165) is 5.56 Å². The maximum Gasteiger partial charge on any atom is 0.294 e. The summed E-state index contributed by atoms with van der Waals surface area (Å²) in [7, 11) is 0. The van der Waals surface area contributed by atoms with E-state index in [1.807, 2.05) is 31.2 Å². The van der Waals surface area contributed by atoms with Crippen molar-refractivity contribution < 1.29 is 19.1 Å². The molecule has 2 aromatic carbocycles. The highest BCUT2D eigenvalue weighted by Gasteiger charge is 2.46. The summed E-state index contributed by atoms with van der Waals surface area (Å²) in [6, 6.07) is 12.1. The molecule has 5 heteroatoms. The number of aliphatic hydroxyl groups is 1. The van der Waals surface area contributed by atoms with Crippen molar-refractivity contribution in [3.63, 3.8) is 0 Å². The molecule has 1 unspecified atom stereocenters. The fourth-order valence-corrected chi connectivity index (χ4v) is 3.26. The molecule has 27 heavy (non-hydrogen) atoms. The minimum atomic E-state index is -0.773. The molecule has 4 nitrogen and oxygen atoms in total. The zero-order valence-electron chi connectivity index (χ0n) is 15.8. The van der Waals surface area contributed by atoms with E-state index in [9.17, 15) is 19.1 Å². The van der Waals surface area contributed by atoms with Crippen LogP contribution in [0.25, 0.3) is 0 Å². The molecule has 1 heterocycles. The van der Waals surface area contributed by atoms with Crippen molar-refractivity contribution >= 4 is 17.4 Å². The molecule has 1 atom stereocenters. The fourth-order valence-electron chi connectivity index (χ4n) is 3.26. The standard InChI is InChI=1S/C22H22FNO3/c1-13-6-5-7-14(12-13)18-17(20(26)22(2,3)4)19(25)21(27)24(18)16-10-8-15(23)9-11-16/h5-12,18,25H,1-4H3. The van der Waals surface area contributed by atoms with Crippen molar-refractivity contribution in [2.24, 2.45) is 5.41 Å². The Morgan fingerprint density at radius 3 is 2.30 bits per heavy atom. The third-order valence-corrected chi connectivity index (χ3v) is 4.60. The largest absolute Gasteiger partial charge is 0.503 e. The van der Waals surface area contributed by atoms with Crippen LogP contribution in [0, 0.1) is 18.2 Å². The minimum absolute atomic E-state index is 0.0717. The molecule has 3 rings (SSSR count). The molecule has 0 aliphatic carbocycles. The summed E-state index contributed by atoms with van der Waals surface area (Å²) in [4.78, 5) is 27.3. The summed E-state index contributed by atoms with van der Waals surface area (Å²) in [5.74, 6) is -1.95. The van der Waals surface area contributed by atoms with Crippen LogP contribution in [-0.4, -0.2) is 16.8 Å². The van der Waals surface area contributed by atoms with Gasteiger partial charge in [-0.1, -0.05) is 50.6 Å². The van der Waals surface area contributed by atoms with Crippen molar-refractivity contribution in [3.8, 4) is 0 Å². The molecular weight excluding hydrogens is 345 g/mol. The Morgan fingerprint density at radius 2 is 1.74 bits per heavy atom. The van der Waals surface area contributed by atoms with E-state index in [0.29, 0.717) is 11.3 Å². The number of carbonyl (C=O) groups excluding carboxylic acids is 2. The van der Waals surface area contributed by atoms with Gasteiger partial charge >= 0.3 is 0 Å². The SMILES string of the molecule is Cc1cccc(C2C(C(=O)C(C)(C)C)=C(O)C(=O)N2c2ccc(F)cc2)c1. The first-order valence-corrected chi connectivity index (χ1v) is 8.75. The monoisotopic (exact) mass is 367 g/mol. The number of nitrogens with zero attached hydrogens (tertiary/aromatic N) is 1. The van der Waals surface area contributed by atoms with Crippen LogP contribution in [0.4, 0.5) is 10.1 Å². The smallest absolute Gasteiger partial charge is 0.294 e. The third kappa shape index (κ3) is 3.37. The normalized spacial score (nSPS) is 17.6. The van der Waals surface area contributed by atoms with Crippen LogP contribution in [-0.2, 0) is 9.59 Å². The molecule has 0 fully saturated rings. The number of hydrogen-bond donors (Lipinski definition) is 1. The first kappa shape index (κ1) is 18.8. The molecule has 1 N–H and O–H groups in total. The van der Waals surface area contributed by atoms with Gasteiger partial charge in [-0.15, -0.1) is 0 Å². The van der Waals surface area contributed by atoms with Crippen LogP contribution in [0.1, 0.15) is 37.9 Å². The summed E-state index contributed by atoms with van der Waals surface area (Å²) in [6.07, 6.45) is 0. The number of halogens is 1. The Labute approximate surface area is 157 Å². The van der Waals surface area contributed by atoms with Gasteiger partial charge in [0.1, 0.15) is 5.82 Å². The molecule has 1 aliphatic rings. The highest BCUT2D eigenvalue weighted by Crippen LogP contribution is 2.43. The highest BCUT2D eigenvalue weighted by atomic mass is 19.1. The number of aryl methyl sites for hydroxylation is 1. The van der Waals surface area contributed by atoms with Crippen molar-refractivity contribution in [1.29, 1.82) is 0 Å². The van der Waals surface area contributed by atoms with E-state index < -0.39 is 28.9 Å². The Bertz CT molecular complexity index is 939. The molecule has 0 radical (unpaired) electrons. The van der Waals surface area contributed by atoms with Gasteiger partial charge in [-0.25, -0.2) is 4.39 Å². The Kier molecular flexibility index (Phi) is 4.64. The summed E-state index contributed by atoms with van der Waals surface area (Å²) in [6.45, 7) is 7.15. The van der Waals surface area contributed by atoms with Crippen LogP contribution < -0.4 is 4.90 Å². The first-order valence-electron chi connectivity index (χ1n) is 8.75. The Balaban J connectivity index is 2.21. The van der Waals surface area contributed by atoms with E-state index in [2.05, 4.69) is 0 Å². The van der Waals surface area contributed by atoms with E-state index >= 15 is 0 Å². The molecule has 0 saturated heterocycles. The van der Waals surface area contributed by atoms with E-state index in [-0.39, 0.29) is 11.4 Å². The van der Waals surface area contributed by atoms with Crippen LogP contribution in [0.3, 0.4) is 0 Å². The number of aliphatic hydroxyl groups excluding tert-OH is 1. The lowest BCUT2D eigenvalue weighted by molar-refractivity contribution is -0.123. The zero-order chi connectivity index (χ0) is 19.9. The predicted octanol–water partition coefficient (Wildman–Crippen LogP) is 4.65. The third-order valence-electron chi connectivity index (χ3n) is 4.60. The van der Waals surface area contributed by atoms with Crippen molar-refractivity contribution in [1.82, 2.24) is 0 Å². The molecule has 0 saturated carbocycles. The van der Waals surface area contributed by atoms with Gasteiger partial charge in [-0.05, 0) is 36.8 Å². The highest BCUT2D eigenvalue weighted by molar-refractivity contribution is 6.17. The van der Waals surface area contributed by atoms with E-state index in [1.165, 1.54) is 29.2 Å². The molecular formula is C22H22FNO3. The molecule has 0 aromatic heterocycles. The van der Waals surface area contributed by atoms with Gasteiger partial charge in [-0.2, -0.15) is 0 Å². The number of benzene rings is 2. The van der Waals surface area contributed by atoms with Crippen LogP contribution >= 0.6 is 0 Å². The molecule has 1 amide bonds. The minimum Gasteiger partial charge on any atom is -0.503 e. The zero-order valence-corrected chi connectivity index (χ0v) is 15.8. The van der Waals surface area contributed by atoms with Crippen LogP contribution in [0.5, 0.6) is 0 Å². The summed E-state index contributed by atoms with van der Waals surface area (Å²) in [5, 5.41) is 10.6.